The minimum Gasteiger partial charge on any atom is -0.271 e. The first-order valence-electron chi connectivity index (χ1n) is 7.11. The molecule has 0 aliphatic carbocycles. The number of rotatable bonds is 7. The highest BCUT2D eigenvalue weighted by atomic mass is 15.3. The lowest BCUT2D eigenvalue weighted by Gasteiger charge is -2.15. The standard InChI is InChI=1S/C15H23N5/c1-3-20-15(17-11-18-20)10-14(19-16)9-8-13-6-4-12(2)5-7-13/h4-7,11,14,19H,3,8-10,16H2,1-2H3. The Hall–Kier alpha value is -1.72. The summed E-state index contributed by atoms with van der Waals surface area (Å²) in [5.41, 5.74) is 5.52. The third-order valence-corrected chi connectivity index (χ3v) is 3.56. The van der Waals surface area contributed by atoms with Gasteiger partial charge >= 0.3 is 0 Å². The van der Waals surface area contributed by atoms with E-state index in [0.717, 1.165) is 31.6 Å². The van der Waals surface area contributed by atoms with Crippen LogP contribution in [-0.4, -0.2) is 20.8 Å². The largest absolute Gasteiger partial charge is 0.271 e. The molecule has 0 bridgehead atoms. The molecule has 2 rings (SSSR count). The van der Waals surface area contributed by atoms with Gasteiger partial charge in [-0.15, -0.1) is 0 Å². The summed E-state index contributed by atoms with van der Waals surface area (Å²) in [5.74, 6) is 6.65. The Morgan fingerprint density at radius 2 is 2.05 bits per heavy atom. The van der Waals surface area contributed by atoms with Gasteiger partial charge in [-0.1, -0.05) is 29.8 Å². The molecule has 3 N–H and O–H groups in total. The molecule has 0 aliphatic rings. The van der Waals surface area contributed by atoms with Crippen LogP contribution in [0.5, 0.6) is 0 Å². The van der Waals surface area contributed by atoms with Crippen LogP contribution >= 0.6 is 0 Å². The first-order valence-corrected chi connectivity index (χ1v) is 7.11. The highest BCUT2D eigenvalue weighted by molar-refractivity contribution is 5.21. The van der Waals surface area contributed by atoms with Crippen molar-refractivity contribution in [2.45, 2.75) is 45.7 Å². The van der Waals surface area contributed by atoms with E-state index < -0.39 is 0 Å². The van der Waals surface area contributed by atoms with Crippen LogP contribution in [0.25, 0.3) is 0 Å². The number of hydrogen-bond acceptors (Lipinski definition) is 4. The number of hydrazine groups is 1. The van der Waals surface area contributed by atoms with Crippen molar-refractivity contribution >= 4 is 0 Å². The van der Waals surface area contributed by atoms with Crippen LogP contribution in [0.2, 0.25) is 0 Å². The van der Waals surface area contributed by atoms with E-state index in [1.165, 1.54) is 11.1 Å². The number of hydrogen-bond donors (Lipinski definition) is 2. The van der Waals surface area contributed by atoms with E-state index in [4.69, 9.17) is 5.84 Å². The third-order valence-electron chi connectivity index (χ3n) is 3.56. The fraction of sp³-hybridized carbons (Fsp3) is 0.467. The summed E-state index contributed by atoms with van der Waals surface area (Å²) < 4.78 is 1.91. The van der Waals surface area contributed by atoms with Crippen LogP contribution in [0.3, 0.4) is 0 Å². The van der Waals surface area contributed by atoms with Crippen molar-refractivity contribution in [3.8, 4) is 0 Å². The van der Waals surface area contributed by atoms with Crippen molar-refractivity contribution in [3.05, 3.63) is 47.5 Å². The lowest BCUT2D eigenvalue weighted by Crippen LogP contribution is -2.37. The van der Waals surface area contributed by atoms with Crippen LogP contribution in [0.15, 0.2) is 30.6 Å². The number of aromatic nitrogens is 3. The van der Waals surface area contributed by atoms with Crippen molar-refractivity contribution < 1.29 is 0 Å². The predicted octanol–water partition coefficient (Wildman–Crippen LogP) is 1.61. The molecule has 5 nitrogen and oxygen atoms in total. The van der Waals surface area contributed by atoms with E-state index in [0.29, 0.717) is 0 Å². The second-order valence-electron chi connectivity index (χ2n) is 5.08. The van der Waals surface area contributed by atoms with Gasteiger partial charge in [0.25, 0.3) is 0 Å². The van der Waals surface area contributed by atoms with Gasteiger partial charge in [0, 0.05) is 19.0 Å². The molecular weight excluding hydrogens is 250 g/mol. The highest BCUT2D eigenvalue weighted by Crippen LogP contribution is 2.09. The summed E-state index contributed by atoms with van der Waals surface area (Å²) in [7, 11) is 0. The number of aryl methyl sites for hydroxylation is 3. The summed E-state index contributed by atoms with van der Waals surface area (Å²) >= 11 is 0. The van der Waals surface area contributed by atoms with Gasteiger partial charge in [0.2, 0.25) is 0 Å². The smallest absolute Gasteiger partial charge is 0.138 e. The minimum absolute atomic E-state index is 0.214. The summed E-state index contributed by atoms with van der Waals surface area (Å²) in [6.07, 6.45) is 4.40. The Kier molecular flexibility index (Phi) is 5.26. The Labute approximate surface area is 120 Å². The monoisotopic (exact) mass is 273 g/mol. The molecule has 0 spiro atoms. The van der Waals surface area contributed by atoms with E-state index >= 15 is 0 Å². The number of nitrogens with one attached hydrogen (secondary N) is 1. The number of nitrogens with zero attached hydrogens (tertiary/aromatic N) is 3. The molecule has 2 aromatic rings. The Morgan fingerprint density at radius 3 is 2.70 bits per heavy atom. The van der Waals surface area contributed by atoms with E-state index in [1.807, 2.05) is 4.68 Å². The van der Waals surface area contributed by atoms with Crippen LogP contribution < -0.4 is 11.3 Å². The van der Waals surface area contributed by atoms with Gasteiger partial charge in [-0.05, 0) is 32.3 Å². The zero-order valence-corrected chi connectivity index (χ0v) is 12.2. The topological polar surface area (TPSA) is 68.8 Å². The third kappa shape index (κ3) is 3.88. The zero-order valence-electron chi connectivity index (χ0n) is 12.2. The molecule has 1 unspecified atom stereocenters. The van der Waals surface area contributed by atoms with Gasteiger partial charge in [0.1, 0.15) is 12.2 Å². The maximum absolute atomic E-state index is 5.66. The van der Waals surface area contributed by atoms with E-state index in [1.54, 1.807) is 6.33 Å². The average molecular weight is 273 g/mol. The molecule has 20 heavy (non-hydrogen) atoms. The van der Waals surface area contributed by atoms with Crippen molar-refractivity contribution in [2.24, 2.45) is 5.84 Å². The second-order valence-corrected chi connectivity index (χ2v) is 5.08. The molecule has 0 radical (unpaired) electrons. The van der Waals surface area contributed by atoms with Gasteiger partial charge in [0.05, 0.1) is 0 Å². The normalized spacial score (nSPS) is 12.6. The fourth-order valence-corrected chi connectivity index (χ4v) is 2.27. The van der Waals surface area contributed by atoms with E-state index in [9.17, 15) is 0 Å². The number of nitrogens with two attached hydrogens (primary N) is 1. The molecule has 0 aliphatic heterocycles. The first kappa shape index (κ1) is 14.7. The summed E-state index contributed by atoms with van der Waals surface area (Å²) in [5, 5.41) is 4.19. The van der Waals surface area contributed by atoms with E-state index in [-0.39, 0.29) is 6.04 Å². The predicted molar refractivity (Wildman–Crippen MR) is 80.0 cm³/mol. The molecule has 0 saturated heterocycles. The fourth-order valence-electron chi connectivity index (χ4n) is 2.27. The molecule has 1 aromatic carbocycles. The zero-order chi connectivity index (χ0) is 14.4. The van der Waals surface area contributed by atoms with E-state index in [2.05, 4.69) is 53.6 Å². The van der Waals surface area contributed by atoms with Crippen molar-refractivity contribution in [1.29, 1.82) is 0 Å². The molecule has 0 amide bonds. The SMILES string of the molecule is CCn1ncnc1CC(CCc1ccc(C)cc1)NN. The average Bonchev–Trinajstić information content (AvgIpc) is 2.92. The van der Waals surface area contributed by atoms with Crippen molar-refractivity contribution in [3.63, 3.8) is 0 Å². The second kappa shape index (κ2) is 7.17. The van der Waals surface area contributed by atoms with Crippen LogP contribution in [0, 0.1) is 6.92 Å². The Morgan fingerprint density at radius 1 is 1.30 bits per heavy atom. The Bertz CT molecular complexity index is 517. The van der Waals surface area contributed by atoms with Crippen molar-refractivity contribution in [2.75, 3.05) is 0 Å². The molecular formula is C15H23N5. The van der Waals surface area contributed by atoms with Crippen molar-refractivity contribution in [1.82, 2.24) is 20.2 Å². The van der Waals surface area contributed by atoms with Gasteiger partial charge in [0.15, 0.2) is 0 Å². The van der Waals surface area contributed by atoms with Crippen LogP contribution in [0.1, 0.15) is 30.3 Å². The van der Waals surface area contributed by atoms with Gasteiger partial charge in [-0.2, -0.15) is 5.10 Å². The number of benzene rings is 1. The van der Waals surface area contributed by atoms with Gasteiger partial charge in [-0.25, -0.2) is 4.98 Å². The molecule has 1 atom stereocenters. The molecule has 1 heterocycles. The quantitative estimate of drug-likeness (QED) is 0.594. The van der Waals surface area contributed by atoms with Crippen LogP contribution in [-0.2, 0) is 19.4 Å². The molecule has 0 saturated carbocycles. The lowest BCUT2D eigenvalue weighted by molar-refractivity contribution is 0.466. The molecule has 1 aromatic heterocycles. The lowest BCUT2D eigenvalue weighted by atomic mass is 10.0. The summed E-state index contributed by atoms with van der Waals surface area (Å²) in [6.45, 7) is 5.01. The highest BCUT2D eigenvalue weighted by Gasteiger charge is 2.12. The van der Waals surface area contributed by atoms with Gasteiger partial charge in [-0.3, -0.25) is 16.0 Å². The molecule has 108 valence electrons. The summed E-state index contributed by atoms with van der Waals surface area (Å²) in [4.78, 5) is 4.30. The Balaban J connectivity index is 1.90. The van der Waals surface area contributed by atoms with Gasteiger partial charge < -0.3 is 0 Å². The van der Waals surface area contributed by atoms with Crippen LogP contribution in [0.4, 0.5) is 0 Å². The maximum Gasteiger partial charge on any atom is 0.138 e. The first-order chi connectivity index (χ1) is 9.72. The molecule has 5 heteroatoms. The minimum atomic E-state index is 0.214. The maximum atomic E-state index is 5.66. The molecule has 0 fully saturated rings. The summed E-state index contributed by atoms with van der Waals surface area (Å²) in [6, 6.07) is 8.86.